The standard InChI is InChI=1S/C16H15Br3O/c1-7-5-6-11(9(3)8(7)2)12-10(4)13(17)14(18)15(19)16(12)20/h5-6,20H,1-4H3. The van der Waals surface area contributed by atoms with Gasteiger partial charge >= 0.3 is 0 Å². The Hall–Kier alpha value is -0.320. The molecule has 0 radical (unpaired) electrons. The molecule has 0 aromatic heterocycles. The SMILES string of the molecule is Cc1ccc(-c2c(C)c(Br)c(Br)c(Br)c2O)c(C)c1C. The van der Waals surface area contributed by atoms with E-state index in [1.54, 1.807) is 0 Å². The summed E-state index contributed by atoms with van der Waals surface area (Å²) in [6, 6.07) is 4.17. The smallest absolute Gasteiger partial charge is 0.139 e. The molecule has 20 heavy (non-hydrogen) atoms. The molecule has 1 N–H and O–H groups in total. The highest BCUT2D eigenvalue weighted by molar-refractivity contribution is 9.14. The first-order valence-electron chi connectivity index (χ1n) is 6.20. The second-order valence-corrected chi connectivity index (χ2v) is 7.35. The summed E-state index contributed by atoms with van der Waals surface area (Å²) in [5.41, 5.74) is 6.67. The first-order chi connectivity index (χ1) is 9.27. The molecule has 0 bridgehead atoms. The van der Waals surface area contributed by atoms with Crippen molar-refractivity contribution in [1.29, 1.82) is 0 Å². The summed E-state index contributed by atoms with van der Waals surface area (Å²) in [4.78, 5) is 0. The second kappa shape index (κ2) is 5.82. The Morgan fingerprint density at radius 2 is 1.35 bits per heavy atom. The largest absolute Gasteiger partial charge is 0.506 e. The van der Waals surface area contributed by atoms with E-state index in [9.17, 15) is 5.11 Å². The highest BCUT2D eigenvalue weighted by Gasteiger charge is 2.20. The Labute approximate surface area is 144 Å². The van der Waals surface area contributed by atoms with Gasteiger partial charge < -0.3 is 5.11 Å². The normalized spacial score (nSPS) is 10.9. The van der Waals surface area contributed by atoms with E-state index in [2.05, 4.69) is 80.7 Å². The molecule has 2 rings (SSSR count). The molecule has 4 heteroatoms. The summed E-state index contributed by atoms with van der Waals surface area (Å²) >= 11 is 10.5. The lowest BCUT2D eigenvalue weighted by Crippen LogP contribution is -1.95. The van der Waals surface area contributed by atoms with Crippen molar-refractivity contribution in [2.24, 2.45) is 0 Å². The molecule has 0 fully saturated rings. The van der Waals surface area contributed by atoms with Crippen LogP contribution in [0.25, 0.3) is 11.1 Å². The van der Waals surface area contributed by atoms with Crippen molar-refractivity contribution in [3.8, 4) is 16.9 Å². The molecular formula is C16H15Br3O. The van der Waals surface area contributed by atoms with Gasteiger partial charge in [0.05, 0.1) is 4.47 Å². The average molecular weight is 463 g/mol. The van der Waals surface area contributed by atoms with E-state index in [0.29, 0.717) is 4.47 Å². The number of rotatable bonds is 1. The minimum Gasteiger partial charge on any atom is -0.506 e. The van der Waals surface area contributed by atoms with Crippen molar-refractivity contribution in [3.63, 3.8) is 0 Å². The average Bonchev–Trinajstić information content (AvgIpc) is 2.43. The van der Waals surface area contributed by atoms with Gasteiger partial charge in [-0.15, -0.1) is 0 Å². The van der Waals surface area contributed by atoms with E-state index in [1.165, 1.54) is 16.7 Å². The molecule has 0 spiro atoms. The van der Waals surface area contributed by atoms with Crippen LogP contribution in [-0.2, 0) is 0 Å². The fourth-order valence-corrected chi connectivity index (χ4v) is 3.86. The number of phenolic OH excluding ortho intramolecular Hbond substituents is 1. The maximum atomic E-state index is 10.5. The maximum absolute atomic E-state index is 10.5. The van der Waals surface area contributed by atoms with Crippen LogP contribution in [0, 0.1) is 27.7 Å². The van der Waals surface area contributed by atoms with Gasteiger partial charge in [-0.05, 0) is 103 Å². The van der Waals surface area contributed by atoms with Crippen molar-refractivity contribution in [3.05, 3.63) is 47.8 Å². The molecule has 0 heterocycles. The lowest BCUT2D eigenvalue weighted by atomic mass is 9.91. The first-order valence-corrected chi connectivity index (χ1v) is 8.58. The molecule has 0 aliphatic carbocycles. The van der Waals surface area contributed by atoms with Crippen LogP contribution >= 0.6 is 47.8 Å². The van der Waals surface area contributed by atoms with Crippen LogP contribution in [0.15, 0.2) is 25.6 Å². The number of benzene rings is 2. The van der Waals surface area contributed by atoms with Gasteiger partial charge in [-0.3, -0.25) is 0 Å². The zero-order valence-electron chi connectivity index (χ0n) is 11.7. The zero-order chi connectivity index (χ0) is 15.2. The van der Waals surface area contributed by atoms with Crippen LogP contribution in [0.4, 0.5) is 0 Å². The Kier molecular flexibility index (Phi) is 4.67. The summed E-state index contributed by atoms with van der Waals surface area (Å²) < 4.78 is 2.45. The van der Waals surface area contributed by atoms with Crippen LogP contribution in [-0.4, -0.2) is 5.11 Å². The quantitative estimate of drug-likeness (QED) is 0.474. The van der Waals surface area contributed by atoms with Crippen molar-refractivity contribution in [2.75, 3.05) is 0 Å². The van der Waals surface area contributed by atoms with Crippen LogP contribution < -0.4 is 0 Å². The topological polar surface area (TPSA) is 20.2 Å². The minimum atomic E-state index is 0.268. The third kappa shape index (κ3) is 2.46. The monoisotopic (exact) mass is 460 g/mol. The molecule has 0 aliphatic heterocycles. The molecule has 0 saturated carbocycles. The van der Waals surface area contributed by atoms with Gasteiger partial charge in [-0.2, -0.15) is 0 Å². The molecule has 1 nitrogen and oxygen atoms in total. The van der Waals surface area contributed by atoms with Crippen LogP contribution in [0.3, 0.4) is 0 Å². The predicted octanol–water partition coefficient (Wildman–Crippen LogP) is 6.58. The van der Waals surface area contributed by atoms with Gasteiger partial charge in [0.15, 0.2) is 0 Å². The van der Waals surface area contributed by atoms with E-state index >= 15 is 0 Å². The van der Waals surface area contributed by atoms with Gasteiger partial charge in [-0.25, -0.2) is 0 Å². The third-order valence-electron chi connectivity index (χ3n) is 3.86. The molecule has 2 aromatic rings. The Morgan fingerprint density at radius 1 is 0.750 bits per heavy atom. The molecule has 0 atom stereocenters. The molecule has 0 aliphatic rings. The van der Waals surface area contributed by atoms with Crippen molar-refractivity contribution >= 4 is 47.8 Å². The van der Waals surface area contributed by atoms with E-state index in [4.69, 9.17) is 0 Å². The summed E-state index contributed by atoms with van der Waals surface area (Å²) in [6.45, 7) is 8.32. The van der Waals surface area contributed by atoms with Gasteiger partial charge in [0.1, 0.15) is 5.75 Å². The van der Waals surface area contributed by atoms with Crippen LogP contribution in [0.5, 0.6) is 5.75 Å². The van der Waals surface area contributed by atoms with Gasteiger partial charge in [0.2, 0.25) is 0 Å². The number of hydrogen-bond acceptors (Lipinski definition) is 1. The van der Waals surface area contributed by atoms with Crippen molar-refractivity contribution in [2.45, 2.75) is 27.7 Å². The highest BCUT2D eigenvalue weighted by Crippen LogP contribution is 2.48. The molecule has 0 unspecified atom stereocenters. The Balaban J connectivity index is 2.87. The van der Waals surface area contributed by atoms with E-state index < -0.39 is 0 Å². The second-order valence-electron chi connectivity index (χ2n) is 4.97. The summed E-state index contributed by atoms with van der Waals surface area (Å²) in [7, 11) is 0. The van der Waals surface area contributed by atoms with Crippen LogP contribution in [0.1, 0.15) is 22.3 Å². The summed E-state index contributed by atoms with van der Waals surface area (Å²) in [5.74, 6) is 0.268. The highest BCUT2D eigenvalue weighted by atomic mass is 79.9. The maximum Gasteiger partial charge on any atom is 0.139 e. The lowest BCUT2D eigenvalue weighted by molar-refractivity contribution is 0.473. The lowest BCUT2D eigenvalue weighted by Gasteiger charge is -2.18. The Morgan fingerprint density at radius 3 is 1.95 bits per heavy atom. The fraction of sp³-hybridized carbons (Fsp3) is 0.250. The summed E-state index contributed by atoms with van der Waals surface area (Å²) in [6.07, 6.45) is 0. The molecule has 0 saturated heterocycles. The van der Waals surface area contributed by atoms with Crippen LogP contribution in [0.2, 0.25) is 0 Å². The van der Waals surface area contributed by atoms with Crippen molar-refractivity contribution < 1.29 is 5.11 Å². The minimum absolute atomic E-state index is 0.268. The molecule has 2 aromatic carbocycles. The Bertz CT molecular complexity index is 677. The van der Waals surface area contributed by atoms with Crippen molar-refractivity contribution in [1.82, 2.24) is 0 Å². The van der Waals surface area contributed by atoms with E-state index in [-0.39, 0.29) is 5.75 Å². The number of aromatic hydroxyl groups is 1. The van der Waals surface area contributed by atoms with Gasteiger partial charge in [-0.1, -0.05) is 12.1 Å². The van der Waals surface area contributed by atoms with E-state index in [1.807, 2.05) is 6.92 Å². The summed E-state index contributed by atoms with van der Waals surface area (Å²) in [5, 5.41) is 10.5. The van der Waals surface area contributed by atoms with Gasteiger partial charge in [0, 0.05) is 14.5 Å². The predicted molar refractivity (Wildman–Crippen MR) is 95.6 cm³/mol. The number of hydrogen-bond donors (Lipinski definition) is 1. The number of phenols is 1. The zero-order valence-corrected chi connectivity index (χ0v) is 16.5. The molecule has 0 amide bonds. The fourth-order valence-electron chi connectivity index (χ4n) is 2.32. The first kappa shape index (κ1) is 16.1. The molecular weight excluding hydrogens is 448 g/mol. The number of aryl methyl sites for hydroxylation is 1. The molecule has 106 valence electrons. The van der Waals surface area contributed by atoms with Gasteiger partial charge in [0.25, 0.3) is 0 Å². The van der Waals surface area contributed by atoms with E-state index in [0.717, 1.165) is 25.6 Å². The third-order valence-corrected chi connectivity index (χ3v) is 7.48. The number of halogens is 3.